The summed E-state index contributed by atoms with van der Waals surface area (Å²) in [6.45, 7) is 3.19. The molecule has 0 aromatic heterocycles. The van der Waals surface area contributed by atoms with Crippen LogP contribution >= 0.6 is 12.4 Å². The Morgan fingerprint density at radius 1 is 1.20 bits per heavy atom. The Balaban J connectivity index is 0.00000182. The average molecular weight is 361 g/mol. The van der Waals surface area contributed by atoms with E-state index in [0.29, 0.717) is 0 Å². The first kappa shape index (κ1) is 17.4. The van der Waals surface area contributed by atoms with Crippen LogP contribution in [0.1, 0.15) is 40.9 Å². The second-order valence-corrected chi connectivity index (χ2v) is 6.17. The Labute approximate surface area is 153 Å². The van der Waals surface area contributed by atoms with Gasteiger partial charge >= 0.3 is 0 Å². The predicted octanol–water partition coefficient (Wildman–Crippen LogP) is 3.69. The number of carbonyl (C=O) groups is 1. The molecule has 0 saturated carbocycles. The van der Waals surface area contributed by atoms with Gasteiger partial charge in [-0.1, -0.05) is 12.1 Å². The molecule has 0 fully saturated rings. The number of amides is 1. The highest BCUT2D eigenvalue weighted by Crippen LogP contribution is 2.34. The van der Waals surface area contributed by atoms with Crippen molar-refractivity contribution in [3.63, 3.8) is 0 Å². The fourth-order valence-corrected chi connectivity index (χ4v) is 3.26. The van der Waals surface area contributed by atoms with Crippen LogP contribution in [0.5, 0.6) is 11.5 Å². The second kappa shape index (κ2) is 7.23. The summed E-state index contributed by atoms with van der Waals surface area (Å²) < 4.78 is 10.7. The number of rotatable bonds is 3. The molecular weight excluding hydrogens is 340 g/mol. The van der Waals surface area contributed by atoms with E-state index in [1.165, 1.54) is 0 Å². The van der Waals surface area contributed by atoms with Crippen LogP contribution in [-0.2, 0) is 6.42 Å². The van der Waals surface area contributed by atoms with Gasteiger partial charge in [0.2, 0.25) is 6.79 Å². The highest BCUT2D eigenvalue weighted by molar-refractivity contribution is 5.97. The highest BCUT2D eigenvalue weighted by Gasteiger charge is 2.20. The Bertz CT molecular complexity index is 794. The summed E-state index contributed by atoms with van der Waals surface area (Å²) in [5.41, 5.74) is 3.94. The third-order valence-corrected chi connectivity index (χ3v) is 4.58. The molecule has 2 aliphatic rings. The summed E-state index contributed by atoms with van der Waals surface area (Å²) in [6.07, 6.45) is 1.99. The zero-order valence-corrected chi connectivity index (χ0v) is 14.8. The van der Waals surface area contributed by atoms with Crippen molar-refractivity contribution in [3.8, 4) is 11.5 Å². The smallest absolute Gasteiger partial charge is 0.252 e. The SMILES string of the molecule is CC(NC(=O)c1cccc2c1CCCN2)c1ccc2c(c1)OCO2.Cl. The van der Waals surface area contributed by atoms with Crippen LogP contribution in [0.3, 0.4) is 0 Å². The van der Waals surface area contributed by atoms with Crippen molar-refractivity contribution >= 4 is 24.0 Å². The summed E-state index contributed by atoms with van der Waals surface area (Å²) >= 11 is 0. The molecule has 0 aliphatic carbocycles. The van der Waals surface area contributed by atoms with Crippen LogP contribution in [0.15, 0.2) is 36.4 Å². The van der Waals surface area contributed by atoms with E-state index in [1.807, 2.05) is 43.3 Å². The zero-order valence-electron chi connectivity index (χ0n) is 14.0. The summed E-state index contributed by atoms with van der Waals surface area (Å²) in [5.74, 6) is 1.44. The van der Waals surface area contributed by atoms with Gasteiger partial charge in [0.25, 0.3) is 5.91 Å². The molecule has 132 valence electrons. The van der Waals surface area contributed by atoms with Crippen LogP contribution < -0.4 is 20.1 Å². The van der Waals surface area contributed by atoms with E-state index in [9.17, 15) is 4.79 Å². The molecule has 1 amide bonds. The Kier molecular flexibility index (Phi) is 5.04. The maximum absolute atomic E-state index is 12.7. The van der Waals surface area contributed by atoms with E-state index in [4.69, 9.17) is 9.47 Å². The molecule has 1 unspecified atom stereocenters. The third-order valence-electron chi connectivity index (χ3n) is 4.58. The molecule has 2 aromatic rings. The maximum Gasteiger partial charge on any atom is 0.252 e. The number of halogens is 1. The molecule has 1 atom stereocenters. The fourth-order valence-electron chi connectivity index (χ4n) is 3.26. The number of hydrogen-bond donors (Lipinski definition) is 2. The van der Waals surface area contributed by atoms with Gasteiger partial charge in [-0.05, 0) is 55.2 Å². The molecule has 0 bridgehead atoms. The summed E-state index contributed by atoms with van der Waals surface area (Å²) in [7, 11) is 0. The number of fused-ring (bicyclic) bond motifs is 2. The number of benzene rings is 2. The van der Waals surface area contributed by atoms with Gasteiger partial charge in [-0.25, -0.2) is 0 Å². The maximum atomic E-state index is 12.7. The highest BCUT2D eigenvalue weighted by atomic mass is 35.5. The van der Waals surface area contributed by atoms with Crippen molar-refractivity contribution in [2.24, 2.45) is 0 Å². The molecule has 5 nitrogen and oxygen atoms in total. The van der Waals surface area contributed by atoms with Crippen LogP contribution in [0.2, 0.25) is 0 Å². The van der Waals surface area contributed by atoms with Crippen molar-refractivity contribution in [1.82, 2.24) is 5.32 Å². The second-order valence-electron chi connectivity index (χ2n) is 6.17. The lowest BCUT2D eigenvalue weighted by Crippen LogP contribution is -2.28. The molecule has 2 N–H and O–H groups in total. The lowest BCUT2D eigenvalue weighted by atomic mass is 9.96. The number of carbonyl (C=O) groups excluding carboxylic acids is 1. The molecule has 0 radical (unpaired) electrons. The lowest BCUT2D eigenvalue weighted by Gasteiger charge is -2.22. The first-order chi connectivity index (χ1) is 11.7. The molecule has 2 aliphatic heterocycles. The minimum absolute atomic E-state index is 0. The number of hydrogen-bond acceptors (Lipinski definition) is 4. The van der Waals surface area contributed by atoms with Gasteiger partial charge in [-0.2, -0.15) is 0 Å². The van der Waals surface area contributed by atoms with Gasteiger partial charge < -0.3 is 20.1 Å². The lowest BCUT2D eigenvalue weighted by molar-refractivity contribution is 0.0938. The first-order valence-corrected chi connectivity index (χ1v) is 8.28. The molecule has 0 saturated heterocycles. The van der Waals surface area contributed by atoms with E-state index >= 15 is 0 Å². The molecule has 2 heterocycles. The topological polar surface area (TPSA) is 59.6 Å². The summed E-state index contributed by atoms with van der Waals surface area (Å²) in [4.78, 5) is 12.7. The molecule has 2 aromatic carbocycles. The van der Waals surface area contributed by atoms with Gasteiger partial charge in [-0.15, -0.1) is 12.4 Å². The van der Waals surface area contributed by atoms with Crippen LogP contribution in [-0.4, -0.2) is 19.2 Å². The fraction of sp³-hybridized carbons (Fsp3) is 0.316. The number of ether oxygens (including phenoxy) is 2. The molecule has 0 spiro atoms. The van der Waals surface area contributed by atoms with Gasteiger partial charge in [-0.3, -0.25) is 4.79 Å². The van der Waals surface area contributed by atoms with Crippen molar-refractivity contribution in [3.05, 3.63) is 53.1 Å². The van der Waals surface area contributed by atoms with Crippen molar-refractivity contribution in [2.45, 2.75) is 25.8 Å². The van der Waals surface area contributed by atoms with E-state index in [1.54, 1.807) is 0 Å². The van der Waals surface area contributed by atoms with Gasteiger partial charge in [0, 0.05) is 17.8 Å². The van der Waals surface area contributed by atoms with Crippen LogP contribution in [0, 0.1) is 0 Å². The van der Waals surface area contributed by atoms with Crippen molar-refractivity contribution in [2.75, 3.05) is 18.7 Å². The quantitative estimate of drug-likeness (QED) is 0.876. The number of nitrogens with one attached hydrogen (secondary N) is 2. The van der Waals surface area contributed by atoms with Gasteiger partial charge in [0.1, 0.15) is 0 Å². The minimum Gasteiger partial charge on any atom is -0.454 e. The third kappa shape index (κ3) is 3.37. The summed E-state index contributed by atoms with van der Waals surface area (Å²) in [5, 5.41) is 6.45. The molecular formula is C19H21ClN2O3. The minimum atomic E-state index is -0.112. The Morgan fingerprint density at radius 2 is 2.04 bits per heavy atom. The Hall–Kier alpha value is -2.40. The van der Waals surface area contributed by atoms with Crippen LogP contribution in [0.25, 0.3) is 0 Å². The predicted molar refractivity (Wildman–Crippen MR) is 98.9 cm³/mol. The molecule has 25 heavy (non-hydrogen) atoms. The zero-order chi connectivity index (χ0) is 16.5. The van der Waals surface area contributed by atoms with Gasteiger partial charge in [0.15, 0.2) is 11.5 Å². The molecule has 6 heteroatoms. The van der Waals surface area contributed by atoms with E-state index in [0.717, 1.165) is 53.3 Å². The standard InChI is InChI=1S/C19H20N2O3.ClH/c1-12(13-7-8-17-18(10-13)24-11-23-17)21-19(22)15-4-2-6-16-14(15)5-3-9-20-16;/h2,4,6-8,10,12,20H,3,5,9,11H2,1H3,(H,21,22);1H. The Morgan fingerprint density at radius 3 is 2.92 bits per heavy atom. The summed E-state index contributed by atoms with van der Waals surface area (Å²) in [6, 6.07) is 11.5. The van der Waals surface area contributed by atoms with Gasteiger partial charge in [0.05, 0.1) is 6.04 Å². The van der Waals surface area contributed by atoms with Crippen molar-refractivity contribution < 1.29 is 14.3 Å². The average Bonchev–Trinajstić information content (AvgIpc) is 3.08. The van der Waals surface area contributed by atoms with Crippen molar-refractivity contribution in [1.29, 1.82) is 0 Å². The van der Waals surface area contributed by atoms with E-state index < -0.39 is 0 Å². The molecule has 4 rings (SSSR count). The first-order valence-electron chi connectivity index (χ1n) is 8.28. The van der Waals surface area contributed by atoms with Crippen LogP contribution in [0.4, 0.5) is 5.69 Å². The normalized spacial score (nSPS) is 15.4. The number of anilines is 1. The largest absolute Gasteiger partial charge is 0.454 e. The van der Waals surface area contributed by atoms with E-state index in [2.05, 4.69) is 10.6 Å². The van der Waals surface area contributed by atoms with E-state index in [-0.39, 0.29) is 31.1 Å². The monoisotopic (exact) mass is 360 g/mol.